The fraction of sp³-hybridized carbons (Fsp3) is 0.364. The van der Waals surface area contributed by atoms with Gasteiger partial charge in [-0.25, -0.2) is 4.79 Å². The first-order valence-electron chi connectivity index (χ1n) is 4.89. The third kappa shape index (κ3) is 4.05. The summed E-state index contributed by atoms with van der Waals surface area (Å²) >= 11 is 3.19. The summed E-state index contributed by atoms with van der Waals surface area (Å²) in [6, 6.07) is 6.75. The van der Waals surface area contributed by atoms with Crippen LogP contribution in [0.4, 0.5) is 8.78 Å². The van der Waals surface area contributed by atoms with Crippen LogP contribution in [0.3, 0.4) is 0 Å². The van der Waals surface area contributed by atoms with Gasteiger partial charge in [0, 0.05) is 4.47 Å². The summed E-state index contributed by atoms with van der Waals surface area (Å²) < 4.78 is 35.3. The normalized spacial score (nSPS) is 11.3. The van der Waals surface area contributed by atoms with Crippen LogP contribution in [0.5, 0.6) is 0 Å². The van der Waals surface area contributed by atoms with Crippen molar-refractivity contribution in [1.29, 1.82) is 0 Å². The second kappa shape index (κ2) is 6.07. The van der Waals surface area contributed by atoms with Gasteiger partial charge in [0.2, 0.25) is 0 Å². The molecule has 1 aromatic carbocycles. The van der Waals surface area contributed by atoms with Crippen molar-refractivity contribution in [3.05, 3.63) is 34.3 Å². The number of alkyl halides is 2. The molecule has 0 unspecified atom stereocenters. The first kappa shape index (κ1) is 14.1. The van der Waals surface area contributed by atoms with Crippen molar-refractivity contribution in [2.24, 2.45) is 0 Å². The number of esters is 1. The van der Waals surface area contributed by atoms with Crippen LogP contribution in [0, 0.1) is 0 Å². The molecule has 0 heterocycles. The predicted octanol–water partition coefficient (Wildman–Crippen LogP) is 3.12. The fourth-order valence-electron chi connectivity index (χ4n) is 1.06. The van der Waals surface area contributed by atoms with Crippen molar-refractivity contribution >= 4 is 21.9 Å². The lowest BCUT2D eigenvalue weighted by molar-refractivity contribution is -0.254. The van der Waals surface area contributed by atoms with E-state index in [1.54, 1.807) is 24.3 Å². The summed E-state index contributed by atoms with van der Waals surface area (Å²) in [6.45, 7) is 0.946. The highest BCUT2D eigenvalue weighted by Gasteiger charge is 2.42. The largest absolute Gasteiger partial charge is 0.460 e. The molecule has 0 aliphatic rings. The van der Waals surface area contributed by atoms with Gasteiger partial charge in [-0.2, -0.15) is 8.78 Å². The zero-order valence-corrected chi connectivity index (χ0v) is 10.7. The SMILES string of the molecule is CCOC(=O)C(F)(F)OCc1ccccc1Br. The second-order valence-corrected chi connectivity index (χ2v) is 3.97. The molecule has 0 amide bonds. The first-order valence-corrected chi connectivity index (χ1v) is 5.69. The summed E-state index contributed by atoms with van der Waals surface area (Å²) in [5.74, 6) is -1.67. The molecular formula is C11H11BrF2O3. The van der Waals surface area contributed by atoms with Crippen LogP contribution in [0.15, 0.2) is 28.7 Å². The summed E-state index contributed by atoms with van der Waals surface area (Å²) in [6.07, 6.45) is -3.93. The van der Waals surface area contributed by atoms with E-state index < -0.39 is 12.1 Å². The minimum absolute atomic E-state index is 0.118. The molecule has 0 atom stereocenters. The van der Waals surface area contributed by atoms with Crippen molar-refractivity contribution in [2.75, 3.05) is 6.61 Å². The summed E-state index contributed by atoms with van der Waals surface area (Å²) in [5.41, 5.74) is 0.525. The Morgan fingerprint density at radius 1 is 1.41 bits per heavy atom. The zero-order valence-electron chi connectivity index (χ0n) is 9.08. The lowest BCUT2D eigenvalue weighted by Gasteiger charge is -2.15. The van der Waals surface area contributed by atoms with Gasteiger partial charge in [-0.15, -0.1) is 0 Å². The maximum atomic E-state index is 13.1. The van der Waals surface area contributed by atoms with Crippen LogP contribution in [0.25, 0.3) is 0 Å². The topological polar surface area (TPSA) is 35.5 Å². The van der Waals surface area contributed by atoms with E-state index >= 15 is 0 Å². The number of halogens is 3. The van der Waals surface area contributed by atoms with Crippen molar-refractivity contribution in [1.82, 2.24) is 0 Å². The molecule has 6 heteroatoms. The van der Waals surface area contributed by atoms with Crippen molar-refractivity contribution in [3.63, 3.8) is 0 Å². The highest BCUT2D eigenvalue weighted by molar-refractivity contribution is 9.10. The van der Waals surface area contributed by atoms with Crippen LogP contribution in [-0.2, 0) is 20.9 Å². The molecule has 0 spiro atoms. The molecule has 1 aromatic rings. The zero-order chi connectivity index (χ0) is 12.9. The van der Waals surface area contributed by atoms with Crippen LogP contribution in [0.2, 0.25) is 0 Å². The molecular weight excluding hydrogens is 298 g/mol. The third-order valence-electron chi connectivity index (χ3n) is 1.88. The van der Waals surface area contributed by atoms with E-state index in [1.807, 2.05) is 0 Å². The van der Waals surface area contributed by atoms with Gasteiger partial charge in [-0.1, -0.05) is 34.1 Å². The maximum absolute atomic E-state index is 13.1. The molecule has 0 bridgehead atoms. The summed E-state index contributed by atoms with van der Waals surface area (Å²) in [7, 11) is 0. The average Bonchev–Trinajstić information content (AvgIpc) is 2.28. The molecule has 0 aromatic heterocycles. The Morgan fingerprint density at radius 2 is 2.06 bits per heavy atom. The Morgan fingerprint density at radius 3 is 2.65 bits per heavy atom. The number of carbonyl (C=O) groups excluding carboxylic acids is 1. The quantitative estimate of drug-likeness (QED) is 0.784. The van der Waals surface area contributed by atoms with E-state index in [4.69, 9.17) is 0 Å². The number of carbonyl (C=O) groups is 1. The van der Waals surface area contributed by atoms with Gasteiger partial charge in [-0.05, 0) is 18.6 Å². The number of hydrogen-bond acceptors (Lipinski definition) is 3. The van der Waals surface area contributed by atoms with E-state index in [0.717, 1.165) is 0 Å². The van der Waals surface area contributed by atoms with E-state index in [2.05, 4.69) is 25.4 Å². The van der Waals surface area contributed by atoms with Crippen molar-refractivity contribution in [3.8, 4) is 0 Å². The van der Waals surface area contributed by atoms with Crippen molar-refractivity contribution in [2.45, 2.75) is 19.6 Å². The summed E-state index contributed by atoms with van der Waals surface area (Å²) in [4.78, 5) is 10.9. The number of rotatable bonds is 5. The molecule has 0 N–H and O–H groups in total. The predicted molar refractivity (Wildman–Crippen MR) is 60.5 cm³/mol. The molecule has 17 heavy (non-hydrogen) atoms. The smallest absolute Gasteiger partial charge is 0.456 e. The van der Waals surface area contributed by atoms with E-state index in [0.29, 0.717) is 10.0 Å². The van der Waals surface area contributed by atoms with Gasteiger partial charge in [0.25, 0.3) is 0 Å². The molecule has 0 aliphatic carbocycles. The molecule has 3 nitrogen and oxygen atoms in total. The molecule has 94 valence electrons. The van der Waals surface area contributed by atoms with Gasteiger partial charge in [0.15, 0.2) is 0 Å². The molecule has 0 saturated heterocycles. The van der Waals surface area contributed by atoms with Gasteiger partial charge in [0.1, 0.15) is 0 Å². The van der Waals surface area contributed by atoms with E-state index in [9.17, 15) is 13.6 Å². The summed E-state index contributed by atoms with van der Waals surface area (Å²) in [5, 5.41) is 0. The Balaban J connectivity index is 2.61. The van der Waals surface area contributed by atoms with E-state index in [1.165, 1.54) is 6.92 Å². The lowest BCUT2D eigenvalue weighted by Crippen LogP contribution is -2.33. The molecule has 0 fully saturated rings. The van der Waals surface area contributed by atoms with Crippen LogP contribution in [0.1, 0.15) is 12.5 Å². The third-order valence-corrected chi connectivity index (χ3v) is 2.65. The first-order chi connectivity index (χ1) is 7.97. The monoisotopic (exact) mass is 308 g/mol. The van der Waals surface area contributed by atoms with E-state index in [-0.39, 0.29) is 13.2 Å². The molecule has 0 saturated carbocycles. The Bertz CT molecular complexity index is 396. The highest BCUT2D eigenvalue weighted by Crippen LogP contribution is 2.23. The Kier molecular flexibility index (Phi) is 5.02. The minimum Gasteiger partial charge on any atom is -0.460 e. The van der Waals surface area contributed by atoms with Gasteiger partial charge in [0.05, 0.1) is 13.2 Å². The number of hydrogen-bond donors (Lipinski definition) is 0. The maximum Gasteiger partial charge on any atom is 0.456 e. The van der Waals surface area contributed by atoms with Gasteiger partial charge < -0.3 is 9.47 Å². The van der Waals surface area contributed by atoms with Crippen LogP contribution in [-0.4, -0.2) is 18.7 Å². The molecule has 1 rings (SSSR count). The highest BCUT2D eigenvalue weighted by atomic mass is 79.9. The van der Waals surface area contributed by atoms with Crippen LogP contribution >= 0.6 is 15.9 Å². The number of ether oxygens (including phenoxy) is 2. The van der Waals surface area contributed by atoms with Crippen LogP contribution < -0.4 is 0 Å². The second-order valence-electron chi connectivity index (χ2n) is 3.12. The number of benzene rings is 1. The van der Waals surface area contributed by atoms with Crippen molar-refractivity contribution < 1.29 is 23.0 Å². The molecule has 0 radical (unpaired) electrons. The standard InChI is InChI=1S/C11H11BrF2O3/c1-2-16-10(15)11(13,14)17-7-8-5-3-4-6-9(8)12/h3-6H,2,7H2,1H3. The lowest BCUT2D eigenvalue weighted by atomic mass is 10.2. The average molecular weight is 309 g/mol. The van der Waals surface area contributed by atoms with Gasteiger partial charge >= 0.3 is 12.1 Å². The fourth-order valence-corrected chi connectivity index (χ4v) is 1.46. The minimum atomic E-state index is -3.93. The molecule has 0 aliphatic heterocycles. The Hall–Kier alpha value is -1.01. The van der Waals surface area contributed by atoms with Gasteiger partial charge in [-0.3, -0.25) is 0 Å². The Labute approximate surface area is 106 Å².